The molecule has 0 aliphatic heterocycles. The summed E-state index contributed by atoms with van der Waals surface area (Å²) in [4.78, 5) is 10.6. The summed E-state index contributed by atoms with van der Waals surface area (Å²) in [5.41, 5.74) is -0.481. The van der Waals surface area contributed by atoms with Gasteiger partial charge in [-0.3, -0.25) is 4.79 Å². The summed E-state index contributed by atoms with van der Waals surface area (Å²) in [5.74, 6) is 0.399. The number of alkyl halides is 4. The molecule has 0 aromatic heterocycles. The molecule has 0 fully saturated rings. The summed E-state index contributed by atoms with van der Waals surface area (Å²) in [7, 11) is 0. The minimum absolute atomic E-state index is 0.00495. The molecule has 0 radical (unpaired) electrons. The highest BCUT2D eigenvalue weighted by atomic mass is 35.5. The van der Waals surface area contributed by atoms with Crippen molar-refractivity contribution in [2.75, 3.05) is 5.88 Å². The Balaban J connectivity index is 3.10. The van der Waals surface area contributed by atoms with Crippen molar-refractivity contribution in [1.29, 1.82) is 0 Å². The smallest absolute Gasteiger partial charge is 0.298 e. The third kappa shape index (κ3) is 4.23. The number of hydrogen-bond donors (Lipinski definition) is 0. The van der Waals surface area contributed by atoms with Gasteiger partial charge >= 0.3 is 6.18 Å². The van der Waals surface area contributed by atoms with E-state index in [1.54, 1.807) is 6.08 Å². The number of hydrogen-bond acceptors (Lipinski definition) is 1. The molecule has 1 aromatic rings. The van der Waals surface area contributed by atoms with Crippen LogP contribution in [0, 0.1) is 0 Å². The van der Waals surface area contributed by atoms with Crippen LogP contribution in [-0.2, 0) is 6.18 Å². The van der Waals surface area contributed by atoms with Gasteiger partial charge in [-0.05, 0) is 30.2 Å². The third-order valence-electron chi connectivity index (χ3n) is 2.03. The number of carbonyl (C=O) groups is 1. The maximum absolute atomic E-state index is 12.5. The normalized spacial score (nSPS) is 12.0. The van der Waals surface area contributed by atoms with Crippen molar-refractivity contribution < 1.29 is 18.0 Å². The van der Waals surface area contributed by atoms with E-state index in [4.69, 9.17) is 11.6 Å². The highest BCUT2D eigenvalue weighted by Crippen LogP contribution is 2.30. The monoisotopic (exact) mass is 262 g/mol. The van der Waals surface area contributed by atoms with E-state index in [1.165, 1.54) is 12.1 Å². The lowest BCUT2D eigenvalue weighted by Gasteiger charge is -2.08. The van der Waals surface area contributed by atoms with Crippen LogP contribution in [0.2, 0.25) is 0 Å². The number of halogens is 4. The molecule has 0 aliphatic carbocycles. The number of carbonyl (C=O) groups excluding carboxylic acids is 1. The molecule has 0 amide bonds. The van der Waals surface area contributed by atoms with Gasteiger partial charge in [0, 0.05) is 11.4 Å². The van der Waals surface area contributed by atoms with Gasteiger partial charge in [0.05, 0.1) is 5.56 Å². The number of rotatable bonds is 4. The van der Waals surface area contributed by atoms with Gasteiger partial charge in [-0.1, -0.05) is 12.2 Å². The van der Waals surface area contributed by atoms with Crippen LogP contribution in [0.3, 0.4) is 0 Å². The molecule has 0 unspecified atom stereocenters. The first-order chi connectivity index (χ1) is 7.97. The van der Waals surface area contributed by atoms with Crippen LogP contribution in [0.1, 0.15) is 27.9 Å². The molecule has 0 bridgehead atoms. The van der Waals surface area contributed by atoms with Gasteiger partial charge in [0.1, 0.15) is 6.29 Å². The van der Waals surface area contributed by atoms with E-state index < -0.39 is 11.7 Å². The first-order valence-corrected chi connectivity index (χ1v) is 5.41. The van der Waals surface area contributed by atoms with Crippen molar-refractivity contribution in [3.05, 3.63) is 41.0 Å². The average molecular weight is 263 g/mol. The van der Waals surface area contributed by atoms with E-state index in [0.717, 1.165) is 12.1 Å². The van der Waals surface area contributed by atoms with Gasteiger partial charge in [0.2, 0.25) is 0 Å². The topological polar surface area (TPSA) is 17.1 Å². The van der Waals surface area contributed by atoms with E-state index >= 15 is 0 Å². The molecule has 17 heavy (non-hydrogen) atoms. The molecule has 1 nitrogen and oxygen atoms in total. The third-order valence-corrected chi connectivity index (χ3v) is 2.25. The van der Waals surface area contributed by atoms with Gasteiger partial charge in [-0.2, -0.15) is 13.2 Å². The van der Waals surface area contributed by atoms with Crippen LogP contribution in [0.15, 0.2) is 24.3 Å². The molecule has 5 heteroatoms. The van der Waals surface area contributed by atoms with Crippen molar-refractivity contribution in [3.8, 4) is 0 Å². The van der Waals surface area contributed by atoms with E-state index in [2.05, 4.69) is 0 Å². The summed E-state index contributed by atoms with van der Waals surface area (Å²) in [5, 5.41) is 0. The van der Waals surface area contributed by atoms with Crippen molar-refractivity contribution >= 4 is 24.0 Å². The van der Waals surface area contributed by atoms with Crippen molar-refractivity contribution in [2.45, 2.75) is 12.6 Å². The Morgan fingerprint density at radius 1 is 1.18 bits per heavy atom. The second-order valence-corrected chi connectivity index (χ2v) is 3.76. The van der Waals surface area contributed by atoms with Crippen LogP contribution in [0.4, 0.5) is 13.2 Å². The Bertz CT molecular complexity index is 424. The van der Waals surface area contributed by atoms with Gasteiger partial charge in [0.15, 0.2) is 0 Å². The van der Waals surface area contributed by atoms with Crippen LogP contribution < -0.4 is 0 Å². The average Bonchev–Trinajstić information content (AvgIpc) is 2.28. The van der Waals surface area contributed by atoms with E-state index in [-0.39, 0.29) is 5.56 Å². The summed E-state index contributed by atoms with van der Waals surface area (Å²) in [6.07, 6.45) is -0.307. The first kappa shape index (κ1) is 13.8. The lowest BCUT2D eigenvalue weighted by Crippen LogP contribution is -2.06. The van der Waals surface area contributed by atoms with Crippen LogP contribution in [-0.4, -0.2) is 12.2 Å². The minimum Gasteiger partial charge on any atom is -0.298 e. The van der Waals surface area contributed by atoms with Gasteiger partial charge in [-0.15, -0.1) is 11.6 Å². The predicted octanol–water partition coefficient (Wildman–Crippen LogP) is 4.16. The van der Waals surface area contributed by atoms with E-state index in [0.29, 0.717) is 24.2 Å². The zero-order valence-electron chi connectivity index (χ0n) is 8.80. The lowest BCUT2D eigenvalue weighted by molar-refractivity contribution is -0.137. The molecular formula is C12H10ClF3O. The Morgan fingerprint density at radius 2 is 1.82 bits per heavy atom. The molecule has 0 heterocycles. The highest BCUT2D eigenvalue weighted by Gasteiger charge is 2.30. The fourth-order valence-electron chi connectivity index (χ4n) is 1.29. The number of allylic oxidation sites excluding steroid dienone is 1. The van der Waals surface area contributed by atoms with Crippen LogP contribution in [0.5, 0.6) is 0 Å². The number of aldehydes is 1. The molecule has 0 N–H and O–H groups in total. The van der Waals surface area contributed by atoms with E-state index in [9.17, 15) is 18.0 Å². The second-order valence-electron chi connectivity index (χ2n) is 3.38. The lowest BCUT2D eigenvalue weighted by atomic mass is 10.1. The fraction of sp³-hybridized carbons (Fsp3) is 0.250. The zero-order valence-corrected chi connectivity index (χ0v) is 9.55. The molecule has 0 atom stereocenters. The Kier molecular flexibility index (Phi) is 4.75. The Labute approximate surface area is 102 Å². The quantitative estimate of drug-likeness (QED) is 0.588. The number of benzene rings is 1. The summed E-state index contributed by atoms with van der Waals surface area (Å²) in [6.45, 7) is 0. The fourth-order valence-corrected chi connectivity index (χ4v) is 1.41. The Hall–Kier alpha value is -1.29. The summed E-state index contributed by atoms with van der Waals surface area (Å²) < 4.78 is 37.5. The molecule has 1 rings (SSSR count). The maximum atomic E-state index is 12.5. The predicted molar refractivity (Wildman–Crippen MR) is 61.2 cm³/mol. The summed E-state index contributed by atoms with van der Waals surface area (Å²) >= 11 is 5.44. The first-order valence-electron chi connectivity index (χ1n) is 4.87. The summed E-state index contributed by atoms with van der Waals surface area (Å²) in [6, 6.07) is 3.22. The standard InChI is InChI=1S/C12H10ClF3O/c13-4-2-1-3-9-5-10(8-17)7-11(6-9)12(14,15)16/h1,3,5-8H,2,4H2. The molecular weight excluding hydrogens is 253 g/mol. The molecule has 0 saturated heterocycles. The Morgan fingerprint density at radius 3 is 2.35 bits per heavy atom. The van der Waals surface area contributed by atoms with Crippen LogP contribution >= 0.6 is 11.6 Å². The minimum atomic E-state index is -4.45. The largest absolute Gasteiger partial charge is 0.416 e. The maximum Gasteiger partial charge on any atom is 0.416 e. The van der Waals surface area contributed by atoms with Gasteiger partial charge in [0.25, 0.3) is 0 Å². The molecule has 0 spiro atoms. The SMILES string of the molecule is O=Cc1cc(C=CCCCl)cc(C(F)(F)F)c1. The molecule has 92 valence electrons. The molecule has 1 aromatic carbocycles. The zero-order chi connectivity index (χ0) is 12.9. The van der Waals surface area contributed by atoms with Crippen LogP contribution in [0.25, 0.3) is 6.08 Å². The van der Waals surface area contributed by atoms with Crippen molar-refractivity contribution in [1.82, 2.24) is 0 Å². The van der Waals surface area contributed by atoms with Gasteiger partial charge in [-0.25, -0.2) is 0 Å². The molecule has 0 aliphatic rings. The van der Waals surface area contributed by atoms with Crippen molar-refractivity contribution in [3.63, 3.8) is 0 Å². The highest BCUT2D eigenvalue weighted by molar-refractivity contribution is 6.17. The molecule has 0 saturated carbocycles. The second kappa shape index (κ2) is 5.87. The van der Waals surface area contributed by atoms with E-state index in [1.807, 2.05) is 0 Å². The van der Waals surface area contributed by atoms with Crippen molar-refractivity contribution in [2.24, 2.45) is 0 Å². The van der Waals surface area contributed by atoms with Gasteiger partial charge < -0.3 is 0 Å².